The molecule has 0 aliphatic carbocycles. The summed E-state index contributed by atoms with van der Waals surface area (Å²) in [5, 5.41) is 1.41. The van der Waals surface area contributed by atoms with Gasteiger partial charge in [0.05, 0.1) is 5.02 Å². The van der Waals surface area contributed by atoms with Gasteiger partial charge in [-0.25, -0.2) is 0 Å². The molecule has 0 saturated carbocycles. The van der Waals surface area contributed by atoms with Gasteiger partial charge in [-0.1, -0.05) is 35.0 Å². The molecule has 0 aliphatic rings. The predicted molar refractivity (Wildman–Crippen MR) is 76.2 cm³/mol. The van der Waals surface area contributed by atoms with E-state index >= 15 is 0 Å². The molecule has 0 atom stereocenters. The van der Waals surface area contributed by atoms with Gasteiger partial charge in [0.2, 0.25) is 0 Å². The maximum absolute atomic E-state index is 6.19. The lowest BCUT2D eigenvalue weighted by Gasteiger charge is -2.09. The van der Waals surface area contributed by atoms with Crippen molar-refractivity contribution in [2.24, 2.45) is 0 Å². The van der Waals surface area contributed by atoms with Crippen molar-refractivity contribution in [1.82, 2.24) is 0 Å². The largest absolute Gasteiger partial charge is 0.399 e. The number of hydrogen-bond donors (Lipinski definition) is 1. The lowest BCUT2D eigenvalue weighted by molar-refractivity contribution is 1.29. The number of hydrogen-bond acceptors (Lipinski definition) is 2. The minimum Gasteiger partial charge on any atom is -0.399 e. The van der Waals surface area contributed by atoms with Gasteiger partial charge >= 0.3 is 0 Å². The fraction of sp³-hybridized carbons (Fsp3) is 0.0769. The summed E-state index contributed by atoms with van der Waals surface area (Å²) in [5.41, 5.74) is 7.50. The van der Waals surface area contributed by atoms with E-state index in [9.17, 15) is 0 Å². The zero-order valence-corrected chi connectivity index (χ0v) is 11.5. The van der Waals surface area contributed by atoms with E-state index in [1.807, 2.05) is 37.3 Å². The molecule has 0 amide bonds. The van der Waals surface area contributed by atoms with Crippen LogP contribution >= 0.6 is 35.0 Å². The van der Waals surface area contributed by atoms with E-state index in [0.717, 1.165) is 20.4 Å². The van der Waals surface area contributed by atoms with E-state index < -0.39 is 0 Å². The van der Waals surface area contributed by atoms with E-state index in [0.29, 0.717) is 10.7 Å². The molecular formula is C13H11Cl2NS. The highest BCUT2D eigenvalue weighted by molar-refractivity contribution is 7.99. The number of aryl methyl sites for hydroxylation is 1. The van der Waals surface area contributed by atoms with Crippen LogP contribution in [-0.4, -0.2) is 0 Å². The summed E-state index contributed by atoms with van der Waals surface area (Å²) in [6, 6.07) is 11.4. The third-order valence-corrected chi connectivity index (χ3v) is 4.20. The quantitative estimate of drug-likeness (QED) is 0.782. The Morgan fingerprint density at radius 3 is 2.29 bits per heavy atom. The van der Waals surface area contributed by atoms with Crippen LogP contribution in [0.25, 0.3) is 0 Å². The molecule has 0 aliphatic heterocycles. The van der Waals surface area contributed by atoms with E-state index in [4.69, 9.17) is 28.9 Å². The van der Waals surface area contributed by atoms with Crippen LogP contribution in [0.3, 0.4) is 0 Å². The zero-order valence-electron chi connectivity index (χ0n) is 9.21. The number of nitrogens with two attached hydrogens (primary N) is 1. The van der Waals surface area contributed by atoms with Gasteiger partial charge in [-0.05, 0) is 48.9 Å². The Bertz CT molecular complexity index is 515. The third-order valence-electron chi connectivity index (χ3n) is 2.29. The van der Waals surface area contributed by atoms with Crippen LogP contribution in [0.15, 0.2) is 46.2 Å². The Kier molecular flexibility index (Phi) is 3.87. The van der Waals surface area contributed by atoms with Crippen molar-refractivity contribution in [3.8, 4) is 0 Å². The average Bonchev–Trinajstić information content (AvgIpc) is 2.26. The Labute approximate surface area is 115 Å². The van der Waals surface area contributed by atoms with Crippen LogP contribution in [0.1, 0.15) is 5.56 Å². The van der Waals surface area contributed by atoms with Gasteiger partial charge in [-0.3, -0.25) is 0 Å². The van der Waals surface area contributed by atoms with E-state index in [-0.39, 0.29) is 0 Å². The van der Waals surface area contributed by atoms with Crippen LogP contribution in [0.5, 0.6) is 0 Å². The van der Waals surface area contributed by atoms with Gasteiger partial charge in [0.25, 0.3) is 0 Å². The number of rotatable bonds is 2. The fourth-order valence-corrected chi connectivity index (χ4v) is 2.91. The van der Waals surface area contributed by atoms with Crippen molar-refractivity contribution in [3.63, 3.8) is 0 Å². The highest BCUT2D eigenvalue weighted by Gasteiger charge is 2.07. The molecule has 2 aromatic rings. The predicted octanol–water partition coefficient (Wildman–Crippen LogP) is 5.04. The summed E-state index contributed by atoms with van der Waals surface area (Å²) in [5.74, 6) is 0. The van der Waals surface area contributed by atoms with E-state index in [1.165, 1.54) is 0 Å². The van der Waals surface area contributed by atoms with Crippen molar-refractivity contribution >= 4 is 40.7 Å². The molecule has 0 aromatic heterocycles. The number of nitrogen functional groups attached to an aromatic ring is 1. The first-order chi connectivity index (χ1) is 8.06. The van der Waals surface area contributed by atoms with Crippen molar-refractivity contribution in [2.45, 2.75) is 16.7 Å². The molecule has 4 heteroatoms. The van der Waals surface area contributed by atoms with Crippen LogP contribution in [0.2, 0.25) is 10.0 Å². The smallest absolute Gasteiger partial charge is 0.0568 e. The van der Waals surface area contributed by atoms with Gasteiger partial charge in [0, 0.05) is 20.5 Å². The average molecular weight is 284 g/mol. The van der Waals surface area contributed by atoms with Gasteiger partial charge in [0.15, 0.2) is 0 Å². The highest BCUT2D eigenvalue weighted by atomic mass is 35.5. The molecule has 88 valence electrons. The molecule has 17 heavy (non-hydrogen) atoms. The molecule has 2 rings (SSSR count). The third kappa shape index (κ3) is 3.09. The molecule has 2 N–H and O–H groups in total. The molecule has 0 unspecified atom stereocenters. The standard InChI is InChI=1S/C13H11Cl2NS/c1-8-6-10(16)7-12(15)13(8)17-11-4-2-9(14)3-5-11/h2-7H,16H2,1H3. The van der Waals surface area contributed by atoms with Gasteiger partial charge < -0.3 is 5.73 Å². The van der Waals surface area contributed by atoms with Crippen molar-refractivity contribution in [2.75, 3.05) is 5.73 Å². The van der Waals surface area contributed by atoms with Crippen LogP contribution in [-0.2, 0) is 0 Å². The Morgan fingerprint density at radius 1 is 1.06 bits per heavy atom. The summed E-state index contributed by atoms with van der Waals surface area (Å²) >= 11 is 13.6. The van der Waals surface area contributed by atoms with Crippen molar-refractivity contribution in [3.05, 3.63) is 52.0 Å². The second-order valence-electron chi connectivity index (χ2n) is 3.70. The van der Waals surface area contributed by atoms with Crippen molar-refractivity contribution in [1.29, 1.82) is 0 Å². The molecule has 0 heterocycles. The van der Waals surface area contributed by atoms with Crippen LogP contribution in [0.4, 0.5) is 5.69 Å². The first kappa shape index (κ1) is 12.6. The molecule has 0 bridgehead atoms. The highest BCUT2D eigenvalue weighted by Crippen LogP contribution is 2.37. The molecule has 0 radical (unpaired) electrons. The number of benzene rings is 2. The summed E-state index contributed by atoms with van der Waals surface area (Å²) in [6.07, 6.45) is 0. The minimum atomic E-state index is 0.683. The van der Waals surface area contributed by atoms with Crippen LogP contribution < -0.4 is 5.73 Å². The summed E-state index contributed by atoms with van der Waals surface area (Å²) in [4.78, 5) is 2.13. The molecule has 1 nitrogen and oxygen atoms in total. The number of halogens is 2. The SMILES string of the molecule is Cc1cc(N)cc(Cl)c1Sc1ccc(Cl)cc1. The summed E-state index contributed by atoms with van der Waals surface area (Å²) in [6.45, 7) is 2.00. The lowest BCUT2D eigenvalue weighted by Crippen LogP contribution is -1.89. The minimum absolute atomic E-state index is 0.683. The van der Waals surface area contributed by atoms with E-state index in [1.54, 1.807) is 17.8 Å². The monoisotopic (exact) mass is 283 g/mol. The molecule has 0 saturated heterocycles. The lowest BCUT2D eigenvalue weighted by atomic mass is 10.2. The van der Waals surface area contributed by atoms with E-state index in [2.05, 4.69) is 0 Å². The second-order valence-corrected chi connectivity index (χ2v) is 5.63. The van der Waals surface area contributed by atoms with Gasteiger partial charge in [-0.2, -0.15) is 0 Å². The fourth-order valence-electron chi connectivity index (χ4n) is 1.51. The zero-order chi connectivity index (χ0) is 12.4. The maximum atomic E-state index is 6.19. The topological polar surface area (TPSA) is 26.0 Å². The van der Waals surface area contributed by atoms with Gasteiger partial charge in [0.1, 0.15) is 0 Å². The molecule has 2 aromatic carbocycles. The Morgan fingerprint density at radius 2 is 1.71 bits per heavy atom. The summed E-state index contributed by atoms with van der Waals surface area (Å²) in [7, 11) is 0. The Hall–Kier alpha value is -0.830. The first-order valence-corrected chi connectivity index (χ1v) is 6.62. The van der Waals surface area contributed by atoms with Crippen molar-refractivity contribution < 1.29 is 0 Å². The molecule has 0 spiro atoms. The molecular weight excluding hydrogens is 273 g/mol. The van der Waals surface area contributed by atoms with Gasteiger partial charge in [-0.15, -0.1) is 0 Å². The van der Waals surface area contributed by atoms with Crippen LogP contribution in [0, 0.1) is 6.92 Å². The second kappa shape index (κ2) is 5.21. The first-order valence-electron chi connectivity index (χ1n) is 5.05. The Balaban J connectivity index is 2.33. The molecule has 0 fully saturated rings. The maximum Gasteiger partial charge on any atom is 0.0568 e. The summed E-state index contributed by atoms with van der Waals surface area (Å²) < 4.78 is 0. The normalized spacial score (nSPS) is 10.5. The number of anilines is 1.